The molecule has 1 aromatic heterocycles. The molecule has 11 heavy (non-hydrogen) atoms. The Balaban J connectivity index is 3.00. The predicted octanol–water partition coefficient (Wildman–Crippen LogP) is 1.73. The summed E-state index contributed by atoms with van der Waals surface area (Å²) >= 11 is 0. The zero-order chi connectivity index (χ0) is 8.43. The van der Waals surface area contributed by atoms with Gasteiger partial charge in [0.25, 0.3) is 0 Å². The van der Waals surface area contributed by atoms with Gasteiger partial charge in [0.2, 0.25) is 0 Å². The van der Waals surface area contributed by atoms with E-state index in [4.69, 9.17) is 4.74 Å². The van der Waals surface area contributed by atoms with E-state index in [2.05, 4.69) is 10.2 Å². The van der Waals surface area contributed by atoms with Gasteiger partial charge in [-0.1, -0.05) is 0 Å². The van der Waals surface area contributed by atoms with Crippen molar-refractivity contribution < 1.29 is 4.74 Å². The number of aromatic nitrogens is 2. The third-order valence-electron chi connectivity index (χ3n) is 1.95. The van der Waals surface area contributed by atoms with Gasteiger partial charge in [0, 0.05) is 18.4 Å². The Kier molecular flexibility index (Phi) is 2.29. The summed E-state index contributed by atoms with van der Waals surface area (Å²) < 4.78 is 5.20. The number of rotatable bonds is 2. The first-order valence-corrected chi connectivity index (χ1v) is 3.71. The van der Waals surface area contributed by atoms with Crippen molar-refractivity contribution in [2.75, 3.05) is 7.11 Å². The molecule has 0 saturated heterocycles. The highest BCUT2D eigenvalue weighted by molar-refractivity contribution is 5.25. The molecule has 0 fully saturated rings. The highest BCUT2D eigenvalue weighted by Gasteiger charge is 2.12. The van der Waals surface area contributed by atoms with Crippen LogP contribution in [0, 0.1) is 13.8 Å². The number of ether oxygens (including phenoxy) is 1. The molecule has 0 spiro atoms. The Bertz CT molecular complexity index is 223. The molecule has 1 heterocycles. The van der Waals surface area contributed by atoms with Crippen LogP contribution in [-0.4, -0.2) is 17.3 Å². The number of methoxy groups -OCH3 is 1. The van der Waals surface area contributed by atoms with E-state index in [0.717, 1.165) is 11.4 Å². The van der Waals surface area contributed by atoms with Crippen molar-refractivity contribution in [3.63, 3.8) is 0 Å². The van der Waals surface area contributed by atoms with E-state index in [9.17, 15) is 0 Å². The zero-order valence-corrected chi connectivity index (χ0v) is 7.43. The van der Waals surface area contributed by atoms with Crippen molar-refractivity contribution in [2.24, 2.45) is 0 Å². The Morgan fingerprint density at radius 2 is 2.09 bits per heavy atom. The summed E-state index contributed by atoms with van der Waals surface area (Å²) in [5.41, 5.74) is 3.29. The lowest BCUT2D eigenvalue weighted by atomic mass is 10.1. The van der Waals surface area contributed by atoms with Crippen LogP contribution in [0.3, 0.4) is 0 Å². The van der Waals surface area contributed by atoms with Gasteiger partial charge in [-0.15, -0.1) is 0 Å². The molecule has 1 N–H and O–H groups in total. The molecule has 0 radical (unpaired) electrons. The maximum Gasteiger partial charge on any atom is 0.0828 e. The lowest BCUT2D eigenvalue weighted by Crippen LogP contribution is -1.98. The Morgan fingerprint density at radius 3 is 2.45 bits per heavy atom. The summed E-state index contributed by atoms with van der Waals surface area (Å²) in [6.07, 6.45) is 0.133. The summed E-state index contributed by atoms with van der Waals surface area (Å²) in [5, 5.41) is 7.00. The summed E-state index contributed by atoms with van der Waals surface area (Å²) in [7, 11) is 1.70. The average molecular weight is 154 g/mol. The molecule has 1 unspecified atom stereocenters. The maximum atomic E-state index is 5.20. The van der Waals surface area contributed by atoms with E-state index in [1.165, 1.54) is 5.56 Å². The number of hydrogen-bond acceptors (Lipinski definition) is 2. The highest BCUT2D eigenvalue weighted by Crippen LogP contribution is 2.20. The SMILES string of the molecule is COC(C)c1c(C)n[nH]c1C. The fourth-order valence-corrected chi connectivity index (χ4v) is 1.28. The zero-order valence-electron chi connectivity index (χ0n) is 7.43. The van der Waals surface area contributed by atoms with Crippen LogP contribution in [0.15, 0.2) is 0 Å². The fraction of sp³-hybridized carbons (Fsp3) is 0.625. The molecule has 0 amide bonds. The first-order valence-electron chi connectivity index (χ1n) is 3.71. The molecule has 0 aliphatic heterocycles. The number of aryl methyl sites for hydroxylation is 2. The fourth-order valence-electron chi connectivity index (χ4n) is 1.28. The highest BCUT2D eigenvalue weighted by atomic mass is 16.5. The molecule has 0 saturated carbocycles. The normalized spacial score (nSPS) is 13.5. The van der Waals surface area contributed by atoms with Crippen LogP contribution in [0.2, 0.25) is 0 Å². The van der Waals surface area contributed by atoms with Crippen LogP contribution >= 0.6 is 0 Å². The van der Waals surface area contributed by atoms with Crippen molar-refractivity contribution >= 4 is 0 Å². The molecule has 3 nitrogen and oxygen atoms in total. The smallest absolute Gasteiger partial charge is 0.0828 e. The van der Waals surface area contributed by atoms with Crippen LogP contribution < -0.4 is 0 Å². The van der Waals surface area contributed by atoms with Crippen molar-refractivity contribution in [2.45, 2.75) is 26.9 Å². The van der Waals surface area contributed by atoms with E-state index in [-0.39, 0.29) is 6.10 Å². The molecule has 1 rings (SSSR count). The second-order valence-electron chi connectivity index (χ2n) is 2.73. The van der Waals surface area contributed by atoms with Crippen LogP contribution in [0.25, 0.3) is 0 Å². The topological polar surface area (TPSA) is 37.9 Å². The molecule has 1 aromatic rings. The van der Waals surface area contributed by atoms with Crippen molar-refractivity contribution in [3.05, 3.63) is 17.0 Å². The van der Waals surface area contributed by atoms with Crippen molar-refractivity contribution in [3.8, 4) is 0 Å². The van der Waals surface area contributed by atoms with Crippen LogP contribution in [0.4, 0.5) is 0 Å². The van der Waals surface area contributed by atoms with Gasteiger partial charge in [0.05, 0.1) is 11.8 Å². The minimum absolute atomic E-state index is 0.133. The summed E-state index contributed by atoms with van der Waals surface area (Å²) in [4.78, 5) is 0. The largest absolute Gasteiger partial charge is 0.377 e. The molecule has 0 aliphatic rings. The van der Waals surface area contributed by atoms with Gasteiger partial charge in [-0.25, -0.2) is 0 Å². The molecular weight excluding hydrogens is 140 g/mol. The second-order valence-corrected chi connectivity index (χ2v) is 2.73. The monoisotopic (exact) mass is 154 g/mol. The average Bonchev–Trinajstić information content (AvgIpc) is 2.30. The van der Waals surface area contributed by atoms with E-state index >= 15 is 0 Å². The van der Waals surface area contributed by atoms with Gasteiger partial charge in [0.1, 0.15) is 0 Å². The van der Waals surface area contributed by atoms with Crippen LogP contribution in [-0.2, 0) is 4.74 Å². The number of nitrogens with one attached hydrogen (secondary N) is 1. The van der Waals surface area contributed by atoms with E-state index in [0.29, 0.717) is 0 Å². The molecular formula is C8H14N2O. The summed E-state index contributed by atoms with van der Waals surface area (Å²) in [6, 6.07) is 0. The van der Waals surface area contributed by atoms with E-state index in [1.807, 2.05) is 20.8 Å². The van der Waals surface area contributed by atoms with Gasteiger partial charge >= 0.3 is 0 Å². The van der Waals surface area contributed by atoms with Gasteiger partial charge in [-0.2, -0.15) is 5.10 Å². The quantitative estimate of drug-likeness (QED) is 0.704. The number of hydrogen-bond donors (Lipinski definition) is 1. The number of aromatic amines is 1. The van der Waals surface area contributed by atoms with Gasteiger partial charge in [0.15, 0.2) is 0 Å². The first-order chi connectivity index (χ1) is 5.16. The third-order valence-corrected chi connectivity index (χ3v) is 1.95. The molecule has 0 aromatic carbocycles. The van der Waals surface area contributed by atoms with Gasteiger partial charge in [-0.05, 0) is 20.8 Å². The van der Waals surface area contributed by atoms with Crippen LogP contribution in [0.1, 0.15) is 30.0 Å². The number of nitrogens with zero attached hydrogens (tertiary/aromatic N) is 1. The second kappa shape index (κ2) is 3.05. The standard InChI is InChI=1S/C8H14N2O/c1-5-8(7(3)11-4)6(2)10-9-5/h7H,1-4H3,(H,9,10). The summed E-state index contributed by atoms with van der Waals surface area (Å²) in [5.74, 6) is 0. The lowest BCUT2D eigenvalue weighted by molar-refractivity contribution is 0.118. The maximum absolute atomic E-state index is 5.20. The molecule has 3 heteroatoms. The van der Waals surface area contributed by atoms with E-state index < -0.39 is 0 Å². The number of H-pyrrole nitrogens is 1. The first kappa shape index (κ1) is 8.27. The Hall–Kier alpha value is -0.830. The minimum atomic E-state index is 0.133. The minimum Gasteiger partial charge on any atom is -0.377 e. The molecule has 0 aliphatic carbocycles. The summed E-state index contributed by atoms with van der Waals surface area (Å²) in [6.45, 7) is 6.00. The van der Waals surface area contributed by atoms with E-state index in [1.54, 1.807) is 7.11 Å². The third kappa shape index (κ3) is 1.43. The molecule has 0 bridgehead atoms. The van der Waals surface area contributed by atoms with Crippen molar-refractivity contribution in [1.29, 1.82) is 0 Å². The predicted molar refractivity (Wildman–Crippen MR) is 43.5 cm³/mol. The van der Waals surface area contributed by atoms with Crippen LogP contribution in [0.5, 0.6) is 0 Å². The Labute approximate surface area is 66.8 Å². The lowest BCUT2D eigenvalue weighted by Gasteiger charge is -2.08. The van der Waals surface area contributed by atoms with Crippen molar-refractivity contribution in [1.82, 2.24) is 10.2 Å². The van der Waals surface area contributed by atoms with Gasteiger partial charge < -0.3 is 4.74 Å². The molecule has 62 valence electrons. The van der Waals surface area contributed by atoms with Gasteiger partial charge in [-0.3, -0.25) is 5.10 Å². The molecule has 1 atom stereocenters. The Morgan fingerprint density at radius 1 is 1.45 bits per heavy atom.